The van der Waals surface area contributed by atoms with Crippen molar-refractivity contribution in [1.82, 2.24) is 24.7 Å². The van der Waals surface area contributed by atoms with Gasteiger partial charge in [-0.1, -0.05) is 0 Å². The van der Waals surface area contributed by atoms with Gasteiger partial charge in [0.2, 0.25) is 0 Å². The lowest BCUT2D eigenvalue weighted by Crippen LogP contribution is -2.45. The summed E-state index contributed by atoms with van der Waals surface area (Å²) in [5, 5.41) is 7.68. The highest BCUT2D eigenvalue weighted by Gasteiger charge is 2.23. The van der Waals surface area contributed by atoms with Crippen LogP contribution in [0.15, 0.2) is 55.0 Å². The molecule has 0 aliphatic carbocycles. The van der Waals surface area contributed by atoms with E-state index in [4.69, 9.17) is 9.72 Å². The van der Waals surface area contributed by atoms with Crippen LogP contribution in [-0.2, 0) is 11.8 Å². The van der Waals surface area contributed by atoms with Crippen LogP contribution in [0.3, 0.4) is 0 Å². The van der Waals surface area contributed by atoms with Crippen molar-refractivity contribution in [3.05, 3.63) is 55.0 Å². The molecule has 31 heavy (non-hydrogen) atoms. The second-order valence-electron chi connectivity index (χ2n) is 7.99. The molecule has 158 valence electrons. The molecule has 0 saturated carbocycles. The Labute approximate surface area is 180 Å². The van der Waals surface area contributed by atoms with Gasteiger partial charge in [-0.2, -0.15) is 5.10 Å². The summed E-state index contributed by atoms with van der Waals surface area (Å²) in [6.45, 7) is 5.85. The molecule has 4 aromatic rings. The molecule has 5 heterocycles. The van der Waals surface area contributed by atoms with E-state index in [-0.39, 0.29) is 12.2 Å². The third kappa shape index (κ3) is 4.06. The van der Waals surface area contributed by atoms with Crippen LogP contribution in [0.25, 0.3) is 22.3 Å². The van der Waals surface area contributed by atoms with Crippen LogP contribution in [-0.4, -0.2) is 50.0 Å². The predicted molar refractivity (Wildman–Crippen MR) is 121 cm³/mol. The third-order valence-corrected chi connectivity index (χ3v) is 5.42. The Morgan fingerprint density at radius 2 is 1.81 bits per heavy atom. The minimum atomic E-state index is 0.185. The van der Waals surface area contributed by atoms with Crippen LogP contribution in [0, 0.1) is 0 Å². The molecule has 8 heteroatoms. The van der Waals surface area contributed by atoms with Crippen molar-refractivity contribution in [3.63, 3.8) is 0 Å². The minimum Gasteiger partial charge on any atom is -0.372 e. The number of rotatable bonds is 4. The van der Waals surface area contributed by atoms with Gasteiger partial charge in [0.25, 0.3) is 0 Å². The summed E-state index contributed by atoms with van der Waals surface area (Å²) in [5.41, 5.74) is 4.70. The Bertz CT molecular complexity index is 1210. The number of morpholine rings is 1. The molecule has 1 saturated heterocycles. The van der Waals surface area contributed by atoms with Gasteiger partial charge in [0.05, 0.1) is 29.6 Å². The number of anilines is 3. The highest BCUT2D eigenvalue weighted by molar-refractivity contribution is 5.78. The maximum absolute atomic E-state index is 5.84. The molecule has 5 rings (SSSR count). The van der Waals surface area contributed by atoms with Crippen LogP contribution in [0.1, 0.15) is 13.8 Å². The zero-order valence-corrected chi connectivity index (χ0v) is 17.9. The van der Waals surface area contributed by atoms with Gasteiger partial charge in [-0.15, -0.1) is 0 Å². The van der Waals surface area contributed by atoms with Crippen LogP contribution in [0.4, 0.5) is 17.3 Å². The number of ether oxygens (including phenoxy) is 1. The first kappa shape index (κ1) is 19.4. The molecule has 1 aliphatic rings. The number of nitrogens with one attached hydrogen (secondary N) is 1. The van der Waals surface area contributed by atoms with Crippen LogP contribution >= 0.6 is 0 Å². The van der Waals surface area contributed by atoms with Gasteiger partial charge in [0, 0.05) is 49.8 Å². The summed E-state index contributed by atoms with van der Waals surface area (Å²) < 4.78 is 7.66. The zero-order chi connectivity index (χ0) is 21.4. The van der Waals surface area contributed by atoms with E-state index in [0.29, 0.717) is 0 Å². The molecular weight excluding hydrogens is 390 g/mol. The number of hydrogen-bond donors (Lipinski definition) is 1. The Kier molecular flexibility index (Phi) is 4.99. The molecular formula is C23H25N7O. The first-order valence-electron chi connectivity index (χ1n) is 10.4. The van der Waals surface area contributed by atoms with E-state index in [2.05, 4.69) is 45.2 Å². The van der Waals surface area contributed by atoms with Gasteiger partial charge < -0.3 is 15.0 Å². The normalized spacial score (nSPS) is 19.0. The maximum Gasteiger partial charge on any atom is 0.130 e. The van der Waals surface area contributed by atoms with Crippen molar-refractivity contribution in [2.75, 3.05) is 23.3 Å². The van der Waals surface area contributed by atoms with E-state index in [1.807, 2.05) is 48.3 Å². The lowest BCUT2D eigenvalue weighted by atomic mass is 10.1. The minimum absolute atomic E-state index is 0.185. The highest BCUT2D eigenvalue weighted by atomic mass is 16.5. The van der Waals surface area contributed by atoms with Gasteiger partial charge in [0.1, 0.15) is 17.2 Å². The summed E-state index contributed by atoms with van der Waals surface area (Å²) in [5.74, 6) is 1.69. The van der Waals surface area contributed by atoms with Gasteiger partial charge in [-0.05, 0) is 44.2 Å². The monoisotopic (exact) mass is 415 g/mol. The summed E-state index contributed by atoms with van der Waals surface area (Å²) in [7, 11) is 1.92. The fourth-order valence-corrected chi connectivity index (χ4v) is 4.04. The van der Waals surface area contributed by atoms with E-state index in [9.17, 15) is 0 Å². The second kappa shape index (κ2) is 7.96. The van der Waals surface area contributed by atoms with Crippen molar-refractivity contribution >= 4 is 28.4 Å². The van der Waals surface area contributed by atoms with Gasteiger partial charge in [0.15, 0.2) is 0 Å². The maximum atomic E-state index is 5.84. The Balaban J connectivity index is 1.38. The first-order chi connectivity index (χ1) is 15.0. The fraction of sp³-hybridized carbons (Fsp3) is 0.304. The fourth-order valence-electron chi connectivity index (χ4n) is 4.04. The quantitative estimate of drug-likeness (QED) is 0.543. The second-order valence-corrected chi connectivity index (χ2v) is 7.99. The predicted octanol–water partition coefficient (Wildman–Crippen LogP) is 3.78. The van der Waals surface area contributed by atoms with E-state index < -0.39 is 0 Å². The van der Waals surface area contributed by atoms with E-state index >= 15 is 0 Å². The van der Waals surface area contributed by atoms with Crippen molar-refractivity contribution in [1.29, 1.82) is 0 Å². The van der Waals surface area contributed by atoms with Gasteiger partial charge in [-0.25, -0.2) is 15.0 Å². The molecule has 1 aliphatic heterocycles. The largest absolute Gasteiger partial charge is 0.372 e. The summed E-state index contributed by atoms with van der Waals surface area (Å²) in [6, 6.07) is 12.0. The lowest BCUT2D eigenvalue weighted by molar-refractivity contribution is -0.00545. The molecule has 0 aromatic carbocycles. The zero-order valence-electron chi connectivity index (χ0n) is 17.9. The number of fused-ring (bicyclic) bond motifs is 1. The van der Waals surface area contributed by atoms with Crippen molar-refractivity contribution in [2.45, 2.75) is 26.1 Å². The average molecular weight is 416 g/mol. The van der Waals surface area contributed by atoms with Crippen molar-refractivity contribution in [2.24, 2.45) is 7.05 Å². The topological polar surface area (TPSA) is 81.0 Å². The summed E-state index contributed by atoms with van der Waals surface area (Å²) >= 11 is 0. The van der Waals surface area contributed by atoms with Crippen molar-refractivity contribution in [3.8, 4) is 11.3 Å². The Hall–Kier alpha value is -3.52. The van der Waals surface area contributed by atoms with E-state index in [1.165, 1.54) is 0 Å². The molecule has 0 amide bonds. The molecule has 0 spiro atoms. The van der Waals surface area contributed by atoms with Gasteiger partial charge in [-0.3, -0.25) is 4.68 Å². The molecule has 0 bridgehead atoms. The molecule has 2 atom stereocenters. The van der Waals surface area contributed by atoms with Crippen LogP contribution in [0.2, 0.25) is 0 Å². The molecule has 8 nitrogen and oxygen atoms in total. The number of pyridine rings is 3. The van der Waals surface area contributed by atoms with Crippen LogP contribution < -0.4 is 10.2 Å². The summed E-state index contributed by atoms with van der Waals surface area (Å²) in [4.78, 5) is 16.0. The van der Waals surface area contributed by atoms with Gasteiger partial charge >= 0.3 is 0 Å². The Morgan fingerprint density at radius 3 is 2.65 bits per heavy atom. The van der Waals surface area contributed by atoms with Crippen molar-refractivity contribution < 1.29 is 4.74 Å². The lowest BCUT2D eigenvalue weighted by Gasteiger charge is -2.36. The average Bonchev–Trinajstić information content (AvgIpc) is 3.14. The first-order valence-corrected chi connectivity index (χ1v) is 10.4. The molecule has 1 N–H and O–H groups in total. The number of aromatic nitrogens is 5. The smallest absolute Gasteiger partial charge is 0.130 e. The Morgan fingerprint density at radius 1 is 1.00 bits per heavy atom. The summed E-state index contributed by atoms with van der Waals surface area (Å²) in [6.07, 6.45) is 5.77. The third-order valence-electron chi connectivity index (χ3n) is 5.42. The van der Waals surface area contributed by atoms with E-state index in [1.54, 1.807) is 12.4 Å². The van der Waals surface area contributed by atoms with Crippen LogP contribution in [0.5, 0.6) is 0 Å². The number of aryl methyl sites for hydroxylation is 1. The molecule has 1 fully saturated rings. The number of hydrogen-bond acceptors (Lipinski definition) is 7. The standard InChI is InChI=1S/C23H25N7O/c1-15-13-30(14-16(2)31-15)23-11-18(7-9-25-23)27-22-10-17(6-8-24-22)19-4-5-21-20(28-19)12-26-29(21)3/h4-12,15-16H,13-14H2,1-3H3,(H,24,25,27)/t15-,16+. The molecule has 0 unspecified atom stereocenters. The van der Waals surface area contributed by atoms with E-state index in [0.717, 1.165) is 52.7 Å². The molecule has 0 radical (unpaired) electrons. The SMILES string of the molecule is C[C@@H]1CN(c2cc(Nc3cc(-c4ccc5c(cnn5C)n4)ccn3)ccn2)C[C@H](C)O1. The number of nitrogens with zero attached hydrogens (tertiary/aromatic N) is 6. The highest BCUT2D eigenvalue weighted by Crippen LogP contribution is 2.26. The molecule has 4 aromatic heterocycles.